The summed E-state index contributed by atoms with van der Waals surface area (Å²) in [5.74, 6) is -0.510. The lowest BCUT2D eigenvalue weighted by atomic mass is 10.1. The second-order valence-corrected chi connectivity index (χ2v) is 9.07. The van der Waals surface area contributed by atoms with Gasteiger partial charge in [-0.15, -0.1) is 0 Å². The minimum absolute atomic E-state index is 0.0273. The van der Waals surface area contributed by atoms with Gasteiger partial charge in [-0.25, -0.2) is 13.2 Å². The number of aromatic nitrogens is 1. The molecule has 1 heterocycles. The Balaban J connectivity index is 1.70. The van der Waals surface area contributed by atoms with Crippen molar-refractivity contribution >= 4 is 27.5 Å². The summed E-state index contributed by atoms with van der Waals surface area (Å²) in [5, 5.41) is 0. The van der Waals surface area contributed by atoms with Gasteiger partial charge in [0.1, 0.15) is 5.75 Å². The summed E-state index contributed by atoms with van der Waals surface area (Å²) in [4.78, 5) is 24.9. The van der Waals surface area contributed by atoms with Gasteiger partial charge in [-0.2, -0.15) is 0 Å². The van der Waals surface area contributed by atoms with Crippen molar-refractivity contribution < 1.29 is 27.5 Å². The van der Waals surface area contributed by atoms with E-state index in [9.17, 15) is 18.0 Å². The molecule has 0 atom stereocenters. The number of Topliss-reactive ketones (excluding diaryl/α,β-unsaturated/α-hetero) is 1. The average molecular weight is 471 g/mol. The first-order chi connectivity index (χ1) is 15.7. The van der Waals surface area contributed by atoms with Crippen LogP contribution < -0.4 is 9.46 Å². The maximum Gasteiger partial charge on any atom is 0.338 e. The monoisotopic (exact) mass is 470 g/mol. The zero-order valence-corrected chi connectivity index (χ0v) is 19.7. The molecule has 174 valence electrons. The number of anilines is 1. The number of aryl methyl sites for hydroxylation is 1. The van der Waals surface area contributed by atoms with E-state index in [1.165, 1.54) is 31.4 Å². The molecule has 33 heavy (non-hydrogen) atoms. The van der Waals surface area contributed by atoms with E-state index in [4.69, 9.17) is 9.47 Å². The summed E-state index contributed by atoms with van der Waals surface area (Å²) < 4.78 is 40.1. The zero-order chi connectivity index (χ0) is 24.2. The van der Waals surface area contributed by atoms with Gasteiger partial charge in [0, 0.05) is 29.2 Å². The predicted molar refractivity (Wildman–Crippen MR) is 124 cm³/mol. The fourth-order valence-electron chi connectivity index (χ4n) is 3.53. The number of benzene rings is 2. The molecule has 0 saturated carbocycles. The van der Waals surface area contributed by atoms with E-state index >= 15 is 0 Å². The van der Waals surface area contributed by atoms with Crippen LogP contribution in [0.15, 0.2) is 59.5 Å². The van der Waals surface area contributed by atoms with E-state index < -0.39 is 22.6 Å². The number of ketones is 1. The molecule has 0 aliphatic rings. The van der Waals surface area contributed by atoms with Gasteiger partial charge in [0.2, 0.25) is 5.78 Å². The standard InChI is InChI=1S/C24H26N2O6S/c1-5-26-16(2)13-22(17(26)3)23(27)15-32-24(28)18-7-6-8-21(14-18)33(29,30)25-19-9-11-20(31-4)12-10-19/h6-14,25H,5,15H2,1-4H3. The normalized spacial score (nSPS) is 11.2. The van der Waals surface area contributed by atoms with Crippen molar-refractivity contribution in [2.45, 2.75) is 32.2 Å². The number of carbonyl (C=O) groups is 2. The van der Waals surface area contributed by atoms with Gasteiger partial charge in [0.05, 0.1) is 17.6 Å². The number of methoxy groups -OCH3 is 1. The van der Waals surface area contributed by atoms with Crippen molar-refractivity contribution in [3.63, 3.8) is 0 Å². The van der Waals surface area contributed by atoms with Crippen LogP contribution >= 0.6 is 0 Å². The molecule has 9 heteroatoms. The van der Waals surface area contributed by atoms with E-state index in [1.54, 1.807) is 30.3 Å². The van der Waals surface area contributed by atoms with Crippen molar-refractivity contribution in [2.24, 2.45) is 0 Å². The largest absolute Gasteiger partial charge is 0.497 e. The summed E-state index contributed by atoms with van der Waals surface area (Å²) in [6.07, 6.45) is 0. The number of nitrogens with one attached hydrogen (secondary N) is 1. The second kappa shape index (κ2) is 9.91. The predicted octanol–water partition coefficient (Wildman–Crippen LogP) is 3.97. The Morgan fingerprint density at radius 1 is 1.03 bits per heavy atom. The van der Waals surface area contributed by atoms with E-state index in [0.717, 1.165) is 17.9 Å². The van der Waals surface area contributed by atoms with Crippen molar-refractivity contribution in [1.29, 1.82) is 0 Å². The highest BCUT2D eigenvalue weighted by atomic mass is 32.2. The minimum Gasteiger partial charge on any atom is -0.497 e. The smallest absolute Gasteiger partial charge is 0.338 e. The average Bonchev–Trinajstić information content (AvgIpc) is 3.10. The number of sulfonamides is 1. The van der Waals surface area contributed by atoms with Gasteiger partial charge in [-0.3, -0.25) is 9.52 Å². The molecular formula is C24H26N2O6S. The van der Waals surface area contributed by atoms with Crippen LogP contribution in [-0.2, 0) is 21.3 Å². The van der Waals surface area contributed by atoms with Gasteiger partial charge in [-0.1, -0.05) is 6.07 Å². The Bertz CT molecular complexity index is 1280. The molecule has 0 aliphatic heterocycles. The van der Waals surface area contributed by atoms with Crippen molar-refractivity contribution in [3.8, 4) is 5.75 Å². The fraction of sp³-hybridized carbons (Fsp3) is 0.250. The molecule has 1 aromatic heterocycles. The first-order valence-electron chi connectivity index (χ1n) is 10.3. The first-order valence-corrected chi connectivity index (χ1v) is 11.8. The lowest BCUT2D eigenvalue weighted by Gasteiger charge is -2.10. The van der Waals surface area contributed by atoms with Crippen LogP contribution in [0.25, 0.3) is 0 Å². The van der Waals surface area contributed by atoms with Gasteiger partial charge in [0.15, 0.2) is 6.61 Å². The minimum atomic E-state index is -3.94. The van der Waals surface area contributed by atoms with E-state index in [0.29, 0.717) is 17.0 Å². The first kappa shape index (κ1) is 24.1. The summed E-state index contributed by atoms with van der Waals surface area (Å²) in [5.41, 5.74) is 2.64. The second-order valence-electron chi connectivity index (χ2n) is 7.39. The van der Waals surface area contributed by atoms with Gasteiger partial charge in [-0.05, 0) is 69.3 Å². The fourth-order valence-corrected chi connectivity index (χ4v) is 4.63. The van der Waals surface area contributed by atoms with Crippen molar-refractivity contribution in [2.75, 3.05) is 18.4 Å². The molecule has 0 unspecified atom stereocenters. The molecule has 8 nitrogen and oxygen atoms in total. The Labute approximate surface area is 193 Å². The van der Waals surface area contributed by atoms with E-state index in [-0.39, 0.29) is 16.2 Å². The summed E-state index contributed by atoms with van der Waals surface area (Å²) in [6.45, 7) is 6.03. The third kappa shape index (κ3) is 5.43. The zero-order valence-electron chi connectivity index (χ0n) is 18.9. The molecule has 2 aromatic carbocycles. The van der Waals surface area contributed by atoms with Crippen molar-refractivity contribution in [3.05, 3.63) is 77.1 Å². The molecule has 1 N–H and O–H groups in total. The molecule has 0 spiro atoms. The number of hydrogen-bond donors (Lipinski definition) is 1. The molecule has 0 radical (unpaired) electrons. The quantitative estimate of drug-likeness (QED) is 0.375. The number of hydrogen-bond acceptors (Lipinski definition) is 6. The van der Waals surface area contributed by atoms with Crippen LogP contribution in [0.5, 0.6) is 5.75 Å². The number of nitrogens with zero attached hydrogens (tertiary/aromatic N) is 1. The molecule has 0 saturated heterocycles. The highest BCUT2D eigenvalue weighted by Crippen LogP contribution is 2.21. The van der Waals surface area contributed by atoms with E-state index in [1.807, 2.05) is 25.3 Å². The maximum absolute atomic E-state index is 12.7. The molecule has 3 aromatic rings. The highest BCUT2D eigenvalue weighted by Gasteiger charge is 2.20. The summed E-state index contributed by atoms with van der Waals surface area (Å²) in [6, 6.07) is 13.6. The van der Waals surface area contributed by atoms with E-state index in [2.05, 4.69) is 4.72 Å². The number of rotatable bonds is 9. The maximum atomic E-state index is 12.7. The number of carbonyl (C=O) groups excluding carboxylic acids is 2. The Morgan fingerprint density at radius 2 is 1.73 bits per heavy atom. The van der Waals surface area contributed by atoms with Gasteiger partial charge in [0.25, 0.3) is 10.0 Å². The number of esters is 1. The van der Waals surface area contributed by atoms with Gasteiger partial charge < -0.3 is 14.0 Å². The van der Waals surface area contributed by atoms with Crippen molar-refractivity contribution in [1.82, 2.24) is 4.57 Å². The molecule has 0 fully saturated rings. The lowest BCUT2D eigenvalue weighted by Crippen LogP contribution is -2.16. The highest BCUT2D eigenvalue weighted by molar-refractivity contribution is 7.92. The molecule has 0 bridgehead atoms. The van der Waals surface area contributed by atoms with Gasteiger partial charge >= 0.3 is 5.97 Å². The van der Waals surface area contributed by atoms with Crippen LogP contribution in [0.1, 0.15) is 39.0 Å². The molecule has 3 rings (SSSR count). The molecule has 0 amide bonds. The Kier molecular flexibility index (Phi) is 7.23. The Hall–Kier alpha value is -3.59. The topological polar surface area (TPSA) is 104 Å². The van der Waals surface area contributed by atoms with Crippen LogP contribution in [0.2, 0.25) is 0 Å². The Morgan fingerprint density at radius 3 is 2.33 bits per heavy atom. The third-order valence-electron chi connectivity index (χ3n) is 5.25. The summed E-state index contributed by atoms with van der Waals surface area (Å²) in [7, 11) is -2.43. The molecule has 0 aliphatic carbocycles. The third-order valence-corrected chi connectivity index (χ3v) is 6.63. The summed E-state index contributed by atoms with van der Waals surface area (Å²) >= 11 is 0. The molecular weight excluding hydrogens is 444 g/mol. The van der Waals surface area contributed by atoms with Crippen LogP contribution in [0, 0.1) is 13.8 Å². The van der Waals surface area contributed by atoms with Crippen LogP contribution in [-0.4, -0.2) is 38.5 Å². The lowest BCUT2D eigenvalue weighted by molar-refractivity contribution is 0.0474. The number of ether oxygens (including phenoxy) is 2. The van der Waals surface area contributed by atoms with Crippen LogP contribution in [0.4, 0.5) is 5.69 Å². The van der Waals surface area contributed by atoms with Crippen LogP contribution in [0.3, 0.4) is 0 Å². The SMILES string of the molecule is CCn1c(C)cc(C(=O)COC(=O)c2cccc(S(=O)(=O)Nc3ccc(OC)cc3)c2)c1C.